The van der Waals surface area contributed by atoms with Gasteiger partial charge in [0.25, 0.3) is 0 Å². The molecule has 2 rings (SSSR count). The first-order chi connectivity index (χ1) is 12.4. The summed E-state index contributed by atoms with van der Waals surface area (Å²) in [6.45, 7) is 2.40. The summed E-state index contributed by atoms with van der Waals surface area (Å²) in [5, 5.41) is 14.1. The Labute approximate surface area is 153 Å². The Hall–Kier alpha value is -2.60. The second kappa shape index (κ2) is 9.20. The molecule has 1 unspecified atom stereocenters. The highest BCUT2D eigenvalue weighted by Crippen LogP contribution is 2.22. The third kappa shape index (κ3) is 5.20. The molecule has 0 spiro atoms. The van der Waals surface area contributed by atoms with Crippen LogP contribution < -0.4 is 10.1 Å². The van der Waals surface area contributed by atoms with E-state index >= 15 is 0 Å². The summed E-state index contributed by atoms with van der Waals surface area (Å²) >= 11 is 0. The molecule has 140 valence electrons. The maximum absolute atomic E-state index is 12.3. The molecule has 0 radical (unpaired) electrons. The third-order valence-corrected chi connectivity index (χ3v) is 4.33. The minimum absolute atomic E-state index is 0.0121. The summed E-state index contributed by atoms with van der Waals surface area (Å²) in [4.78, 5) is 25.0. The Morgan fingerprint density at radius 1 is 1.19 bits per heavy atom. The van der Waals surface area contributed by atoms with Gasteiger partial charge in [0.05, 0.1) is 13.7 Å². The van der Waals surface area contributed by atoms with Gasteiger partial charge in [-0.1, -0.05) is 31.5 Å². The number of fused-ring (bicyclic) bond motifs is 1. The highest BCUT2D eigenvalue weighted by atomic mass is 16.5. The van der Waals surface area contributed by atoms with Crippen LogP contribution in [0, 0.1) is 0 Å². The molecule has 0 aliphatic rings. The average molecular weight is 358 g/mol. The summed E-state index contributed by atoms with van der Waals surface area (Å²) in [6.07, 6.45) is 1.25. The van der Waals surface area contributed by atoms with Crippen molar-refractivity contribution in [2.75, 3.05) is 20.7 Å². The number of hydrogen-bond acceptors (Lipinski definition) is 4. The van der Waals surface area contributed by atoms with Crippen LogP contribution in [0.2, 0.25) is 0 Å². The van der Waals surface area contributed by atoms with E-state index in [0.717, 1.165) is 28.5 Å². The fourth-order valence-corrected chi connectivity index (χ4v) is 2.81. The third-order valence-electron chi connectivity index (χ3n) is 4.33. The quantitative estimate of drug-likeness (QED) is 0.720. The number of rotatable bonds is 9. The molecule has 2 aromatic carbocycles. The fraction of sp³-hybridized carbons (Fsp3) is 0.400. The zero-order valence-corrected chi connectivity index (χ0v) is 15.5. The van der Waals surface area contributed by atoms with Gasteiger partial charge in [-0.05, 0) is 41.0 Å². The molecule has 2 aromatic rings. The second-order valence-electron chi connectivity index (χ2n) is 6.36. The summed E-state index contributed by atoms with van der Waals surface area (Å²) < 4.78 is 5.23. The molecular formula is C20H26N2O4. The molecule has 0 bridgehead atoms. The predicted molar refractivity (Wildman–Crippen MR) is 101 cm³/mol. The van der Waals surface area contributed by atoms with Crippen LogP contribution in [-0.2, 0) is 16.1 Å². The maximum Gasteiger partial charge on any atom is 0.320 e. The standard InChI is InChI=1S/C20H26N2O4/c1-4-5-18(20(24)25)21-12-19(23)22(2)13-14-6-7-16-11-17(26-3)9-8-15(16)10-14/h6-11,18,21H,4-5,12-13H2,1-3H3,(H,24,25). The lowest BCUT2D eigenvalue weighted by atomic mass is 10.1. The number of ether oxygens (including phenoxy) is 1. The van der Waals surface area contributed by atoms with Crippen LogP contribution in [0.25, 0.3) is 10.8 Å². The van der Waals surface area contributed by atoms with Crippen molar-refractivity contribution in [3.63, 3.8) is 0 Å². The van der Waals surface area contributed by atoms with Gasteiger partial charge < -0.3 is 14.7 Å². The Balaban J connectivity index is 1.97. The van der Waals surface area contributed by atoms with Gasteiger partial charge in [0.2, 0.25) is 5.91 Å². The number of carbonyl (C=O) groups is 2. The number of carbonyl (C=O) groups excluding carboxylic acids is 1. The number of methoxy groups -OCH3 is 1. The molecule has 1 amide bonds. The predicted octanol–water partition coefficient (Wildman–Crippen LogP) is 2.65. The Morgan fingerprint density at radius 3 is 2.54 bits per heavy atom. The summed E-state index contributed by atoms with van der Waals surface area (Å²) in [5.74, 6) is -0.252. The van der Waals surface area contributed by atoms with E-state index in [1.165, 1.54) is 0 Å². The smallest absolute Gasteiger partial charge is 0.320 e. The normalized spacial score (nSPS) is 12.0. The van der Waals surface area contributed by atoms with Crippen molar-refractivity contribution >= 4 is 22.6 Å². The monoisotopic (exact) mass is 358 g/mol. The molecule has 6 heteroatoms. The zero-order chi connectivity index (χ0) is 19.1. The van der Waals surface area contributed by atoms with Crippen LogP contribution in [0.5, 0.6) is 5.75 Å². The zero-order valence-electron chi connectivity index (χ0n) is 15.5. The number of nitrogens with one attached hydrogen (secondary N) is 1. The number of hydrogen-bond donors (Lipinski definition) is 2. The maximum atomic E-state index is 12.3. The van der Waals surface area contributed by atoms with Crippen LogP contribution in [-0.4, -0.2) is 48.6 Å². The molecule has 6 nitrogen and oxygen atoms in total. The Kier molecular flexibility index (Phi) is 6.97. The van der Waals surface area contributed by atoms with Gasteiger partial charge in [0.1, 0.15) is 11.8 Å². The highest BCUT2D eigenvalue weighted by molar-refractivity contribution is 5.85. The largest absolute Gasteiger partial charge is 0.497 e. The van der Waals surface area contributed by atoms with Crippen molar-refractivity contribution in [1.82, 2.24) is 10.2 Å². The molecule has 1 atom stereocenters. The van der Waals surface area contributed by atoms with E-state index < -0.39 is 12.0 Å². The van der Waals surface area contributed by atoms with Crippen molar-refractivity contribution in [2.24, 2.45) is 0 Å². The summed E-state index contributed by atoms with van der Waals surface area (Å²) in [5.41, 5.74) is 1.02. The number of benzene rings is 2. The molecule has 26 heavy (non-hydrogen) atoms. The number of likely N-dealkylation sites (N-methyl/N-ethyl adjacent to an activating group) is 1. The van der Waals surface area contributed by atoms with E-state index in [9.17, 15) is 9.59 Å². The fourth-order valence-electron chi connectivity index (χ4n) is 2.81. The van der Waals surface area contributed by atoms with Crippen LogP contribution in [0.1, 0.15) is 25.3 Å². The van der Waals surface area contributed by atoms with Crippen LogP contribution >= 0.6 is 0 Å². The first-order valence-electron chi connectivity index (χ1n) is 8.71. The van der Waals surface area contributed by atoms with Crippen LogP contribution in [0.3, 0.4) is 0 Å². The molecule has 0 heterocycles. The van der Waals surface area contributed by atoms with E-state index in [1.807, 2.05) is 43.3 Å². The van der Waals surface area contributed by atoms with Crippen molar-refractivity contribution in [3.8, 4) is 5.75 Å². The van der Waals surface area contributed by atoms with Crippen LogP contribution in [0.4, 0.5) is 0 Å². The van der Waals surface area contributed by atoms with Gasteiger partial charge in [0.15, 0.2) is 0 Å². The first-order valence-corrected chi connectivity index (χ1v) is 8.71. The molecule has 0 saturated heterocycles. The van der Waals surface area contributed by atoms with Gasteiger partial charge in [-0.15, -0.1) is 0 Å². The number of aliphatic carboxylic acids is 1. The topological polar surface area (TPSA) is 78.9 Å². The van der Waals surface area contributed by atoms with E-state index in [0.29, 0.717) is 13.0 Å². The molecule has 0 aromatic heterocycles. The lowest BCUT2D eigenvalue weighted by Crippen LogP contribution is -2.43. The molecule has 0 aliphatic heterocycles. The first kappa shape index (κ1) is 19.7. The van der Waals surface area contributed by atoms with Gasteiger partial charge >= 0.3 is 5.97 Å². The van der Waals surface area contributed by atoms with Crippen molar-refractivity contribution in [3.05, 3.63) is 42.0 Å². The number of nitrogens with zero attached hydrogens (tertiary/aromatic N) is 1. The Morgan fingerprint density at radius 2 is 1.88 bits per heavy atom. The number of amides is 1. The Bertz CT molecular complexity index is 775. The SMILES string of the molecule is CCCC(NCC(=O)N(C)Cc1ccc2cc(OC)ccc2c1)C(=O)O. The van der Waals surface area contributed by atoms with Gasteiger partial charge in [-0.25, -0.2) is 0 Å². The molecule has 0 aliphatic carbocycles. The minimum atomic E-state index is -0.924. The number of carboxylic acid groups (broad SMARTS) is 1. The van der Waals surface area contributed by atoms with E-state index in [1.54, 1.807) is 19.1 Å². The lowest BCUT2D eigenvalue weighted by Gasteiger charge is -2.20. The van der Waals surface area contributed by atoms with Crippen molar-refractivity contribution < 1.29 is 19.4 Å². The molecular weight excluding hydrogens is 332 g/mol. The van der Waals surface area contributed by atoms with Gasteiger partial charge in [-0.3, -0.25) is 14.9 Å². The van der Waals surface area contributed by atoms with Gasteiger partial charge in [-0.2, -0.15) is 0 Å². The minimum Gasteiger partial charge on any atom is -0.497 e. The van der Waals surface area contributed by atoms with Crippen molar-refractivity contribution in [2.45, 2.75) is 32.4 Å². The summed E-state index contributed by atoms with van der Waals surface area (Å²) in [6, 6.07) is 11.2. The summed E-state index contributed by atoms with van der Waals surface area (Å²) in [7, 11) is 3.36. The number of carboxylic acids is 1. The van der Waals surface area contributed by atoms with Crippen molar-refractivity contribution in [1.29, 1.82) is 0 Å². The lowest BCUT2D eigenvalue weighted by molar-refractivity contribution is -0.140. The van der Waals surface area contributed by atoms with E-state index in [4.69, 9.17) is 9.84 Å². The molecule has 0 saturated carbocycles. The molecule has 2 N–H and O–H groups in total. The van der Waals surface area contributed by atoms with E-state index in [2.05, 4.69) is 5.32 Å². The van der Waals surface area contributed by atoms with Gasteiger partial charge in [0, 0.05) is 13.6 Å². The average Bonchev–Trinajstić information content (AvgIpc) is 2.64. The second-order valence-corrected chi connectivity index (χ2v) is 6.36. The van der Waals surface area contributed by atoms with Crippen LogP contribution in [0.15, 0.2) is 36.4 Å². The van der Waals surface area contributed by atoms with E-state index in [-0.39, 0.29) is 12.5 Å². The highest BCUT2D eigenvalue weighted by Gasteiger charge is 2.18. The molecule has 0 fully saturated rings.